The lowest BCUT2D eigenvalue weighted by Gasteiger charge is -2.23. The molecule has 5 N–H and O–H groups in total. The third-order valence-corrected chi connectivity index (χ3v) is 6.69. The average molecular weight is 565 g/mol. The number of alkyl halides is 3. The second-order valence-electron chi connectivity index (χ2n) is 8.96. The van der Waals surface area contributed by atoms with Crippen LogP contribution in [0.3, 0.4) is 0 Å². The van der Waals surface area contributed by atoms with Crippen LogP contribution in [0.2, 0.25) is 5.02 Å². The molecule has 9 nitrogen and oxygen atoms in total. The van der Waals surface area contributed by atoms with Gasteiger partial charge in [-0.15, -0.1) is 0 Å². The van der Waals surface area contributed by atoms with Crippen LogP contribution in [0.1, 0.15) is 11.3 Å². The lowest BCUT2D eigenvalue weighted by Crippen LogP contribution is -3.12. The first-order valence-electron chi connectivity index (χ1n) is 11.9. The summed E-state index contributed by atoms with van der Waals surface area (Å²) in [4.78, 5) is 17.8. The molecule has 1 aliphatic heterocycles. The number of carbonyl (C=O) groups excluding carboxylic acids is 1. The minimum Gasteiger partial charge on any atom is -0.382 e. The van der Waals surface area contributed by atoms with E-state index >= 15 is 4.39 Å². The molecule has 39 heavy (non-hydrogen) atoms. The molecule has 1 fully saturated rings. The van der Waals surface area contributed by atoms with E-state index in [4.69, 9.17) is 22.1 Å². The van der Waals surface area contributed by atoms with Gasteiger partial charge in [0, 0.05) is 5.56 Å². The summed E-state index contributed by atoms with van der Waals surface area (Å²) < 4.78 is 61.3. The Morgan fingerprint density at radius 2 is 1.85 bits per heavy atom. The minimum atomic E-state index is -4.62. The van der Waals surface area contributed by atoms with E-state index < -0.39 is 23.6 Å². The molecule has 0 radical (unpaired) electrons. The number of nitrogens with one attached hydrogen (secondary N) is 3. The summed E-state index contributed by atoms with van der Waals surface area (Å²) >= 11 is 5.92. The molecule has 4 aromatic rings. The molecule has 204 valence electrons. The highest BCUT2D eigenvalue weighted by molar-refractivity contribution is 6.33. The van der Waals surface area contributed by atoms with Gasteiger partial charge >= 0.3 is 12.2 Å². The summed E-state index contributed by atoms with van der Waals surface area (Å²) in [6, 6.07) is 7.57. The fourth-order valence-electron chi connectivity index (χ4n) is 4.43. The SMILES string of the molecule is Nc1ncnn2c(C[NH+]3CCOCC3)cc(-c3ccc(NC(=O)Nc4cc(C(F)(F)F)ccc4Cl)c(F)c3)c12. The first kappa shape index (κ1) is 26.7. The van der Waals surface area contributed by atoms with Crippen LogP contribution < -0.4 is 21.3 Å². The van der Waals surface area contributed by atoms with Crippen molar-refractivity contribution in [3.8, 4) is 11.1 Å². The maximum atomic E-state index is 15.1. The summed E-state index contributed by atoms with van der Waals surface area (Å²) in [7, 11) is 0. The number of aromatic nitrogens is 3. The van der Waals surface area contributed by atoms with Gasteiger partial charge < -0.3 is 26.0 Å². The zero-order chi connectivity index (χ0) is 27.7. The highest BCUT2D eigenvalue weighted by atomic mass is 35.5. The van der Waals surface area contributed by atoms with Crippen LogP contribution in [0.25, 0.3) is 16.6 Å². The molecule has 2 aromatic heterocycles. The number of morpholine rings is 1. The number of quaternary nitrogens is 1. The smallest absolute Gasteiger partial charge is 0.382 e. The van der Waals surface area contributed by atoms with Crippen molar-refractivity contribution < 1.29 is 32.0 Å². The Labute approximate surface area is 224 Å². The molecule has 3 heterocycles. The molecule has 2 aromatic carbocycles. The zero-order valence-corrected chi connectivity index (χ0v) is 21.0. The van der Waals surface area contributed by atoms with Gasteiger partial charge in [-0.3, -0.25) is 0 Å². The Hall–Kier alpha value is -3.94. The number of ether oxygens (including phenoxy) is 1. The summed E-state index contributed by atoms with van der Waals surface area (Å²) in [5.41, 5.74) is 7.18. The molecule has 14 heteroatoms. The molecule has 0 unspecified atom stereocenters. The van der Waals surface area contributed by atoms with E-state index in [1.807, 2.05) is 6.07 Å². The number of hydrogen-bond acceptors (Lipinski definition) is 5. The molecule has 0 aliphatic carbocycles. The number of nitrogen functional groups attached to an aromatic ring is 1. The number of fused-ring (bicyclic) bond motifs is 1. The molecule has 5 rings (SSSR count). The minimum absolute atomic E-state index is 0.107. The third-order valence-electron chi connectivity index (χ3n) is 6.36. The van der Waals surface area contributed by atoms with Crippen molar-refractivity contribution in [3.05, 3.63) is 70.9 Å². The van der Waals surface area contributed by atoms with Crippen LogP contribution in [0.5, 0.6) is 0 Å². The van der Waals surface area contributed by atoms with E-state index in [1.165, 1.54) is 23.4 Å². The van der Waals surface area contributed by atoms with Gasteiger partial charge in [0.1, 0.15) is 37.3 Å². The monoisotopic (exact) mass is 564 g/mol. The number of halogens is 5. The number of urea groups is 1. The first-order chi connectivity index (χ1) is 18.6. The van der Waals surface area contributed by atoms with Gasteiger partial charge in [-0.1, -0.05) is 17.7 Å². The molecule has 0 bridgehead atoms. The number of hydrogen-bond donors (Lipinski definition) is 4. The second-order valence-corrected chi connectivity index (χ2v) is 9.37. The molecule has 0 atom stereocenters. The predicted octanol–water partition coefficient (Wildman–Crippen LogP) is 3.85. The molecule has 1 saturated heterocycles. The van der Waals surface area contributed by atoms with E-state index in [-0.39, 0.29) is 22.2 Å². The number of anilines is 3. The maximum Gasteiger partial charge on any atom is 0.416 e. The topological polar surface area (TPSA) is 111 Å². The Kier molecular flexibility index (Phi) is 7.30. The van der Waals surface area contributed by atoms with Gasteiger partial charge in [0.05, 0.1) is 40.9 Å². The van der Waals surface area contributed by atoms with Gasteiger partial charge in [-0.2, -0.15) is 18.3 Å². The number of nitrogens with two attached hydrogens (primary N) is 1. The lowest BCUT2D eigenvalue weighted by atomic mass is 10.1. The van der Waals surface area contributed by atoms with Gasteiger partial charge in [0.2, 0.25) is 0 Å². The fourth-order valence-corrected chi connectivity index (χ4v) is 4.59. The first-order valence-corrected chi connectivity index (χ1v) is 12.2. The van der Waals surface area contributed by atoms with E-state index in [9.17, 15) is 18.0 Å². The molecular formula is C25H23ClF4N7O2+. The number of carbonyl (C=O) groups is 1. The standard InChI is InChI=1S/C25H22ClF4N7O2/c26-18-3-2-15(25(28,29)30)10-21(18)35-24(38)34-20-4-1-14(9-19(20)27)17-11-16(12-36-5-7-39-8-6-36)37-22(17)23(31)32-13-33-37/h1-4,9-11,13H,5-8,12H2,(H2,31,32,33)(H2,34,35,38)/p+1. The van der Waals surface area contributed by atoms with Crippen molar-refractivity contribution in [3.63, 3.8) is 0 Å². The number of rotatable bonds is 5. The molecular weight excluding hydrogens is 542 g/mol. The Balaban J connectivity index is 1.38. The second kappa shape index (κ2) is 10.7. The van der Waals surface area contributed by atoms with E-state index in [2.05, 4.69) is 20.7 Å². The van der Waals surface area contributed by atoms with Gasteiger partial charge in [0.15, 0.2) is 5.82 Å². The summed E-state index contributed by atoms with van der Waals surface area (Å²) in [5, 5.41) is 8.75. The third kappa shape index (κ3) is 5.75. The number of benzene rings is 2. The molecule has 2 amide bonds. The van der Waals surface area contributed by atoms with Crippen LogP contribution >= 0.6 is 11.6 Å². The summed E-state index contributed by atoms with van der Waals surface area (Å²) in [6.07, 6.45) is -3.27. The highest BCUT2D eigenvalue weighted by Gasteiger charge is 2.31. The van der Waals surface area contributed by atoms with Crippen LogP contribution in [0, 0.1) is 5.82 Å². The van der Waals surface area contributed by atoms with Crippen molar-refractivity contribution in [1.29, 1.82) is 0 Å². The Morgan fingerprint density at radius 1 is 1.10 bits per heavy atom. The largest absolute Gasteiger partial charge is 0.416 e. The van der Waals surface area contributed by atoms with Crippen LogP contribution in [-0.4, -0.2) is 46.9 Å². The lowest BCUT2D eigenvalue weighted by molar-refractivity contribution is -0.921. The highest BCUT2D eigenvalue weighted by Crippen LogP contribution is 2.35. The van der Waals surface area contributed by atoms with Crippen molar-refractivity contribution in [2.75, 3.05) is 42.7 Å². The average Bonchev–Trinajstić information content (AvgIpc) is 3.26. The van der Waals surface area contributed by atoms with E-state index in [1.54, 1.807) is 10.6 Å². The maximum absolute atomic E-state index is 15.1. The van der Waals surface area contributed by atoms with Crippen molar-refractivity contribution in [1.82, 2.24) is 14.6 Å². The fraction of sp³-hybridized carbons (Fsp3) is 0.240. The molecule has 1 aliphatic rings. The number of nitrogens with zero attached hydrogens (tertiary/aromatic N) is 3. The zero-order valence-electron chi connectivity index (χ0n) is 20.3. The molecule has 0 saturated carbocycles. The van der Waals surface area contributed by atoms with Gasteiger partial charge in [-0.25, -0.2) is 18.7 Å². The molecule has 0 spiro atoms. The van der Waals surface area contributed by atoms with Crippen LogP contribution in [0.4, 0.5) is 39.5 Å². The van der Waals surface area contributed by atoms with Gasteiger partial charge in [-0.05, 0) is 42.0 Å². The summed E-state index contributed by atoms with van der Waals surface area (Å²) in [6.45, 7) is 3.66. The van der Waals surface area contributed by atoms with E-state index in [0.29, 0.717) is 42.5 Å². The van der Waals surface area contributed by atoms with Crippen LogP contribution in [0.15, 0.2) is 48.8 Å². The van der Waals surface area contributed by atoms with Gasteiger partial charge in [0.25, 0.3) is 0 Å². The van der Waals surface area contributed by atoms with E-state index in [0.717, 1.165) is 30.9 Å². The summed E-state index contributed by atoms with van der Waals surface area (Å²) in [5.74, 6) is -0.545. The van der Waals surface area contributed by atoms with Crippen LogP contribution in [-0.2, 0) is 17.5 Å². The predicted molar refractivity (Wildman–Crippen MR) is 137 cm³/mol. The Bertz CT molecular complexity index is 1540. The quantitative estimate of drug-likeness (QED) is 0.275. The Morgan fingerprint density at radius 3 is 2.56 bits per heavy atom. The van der Waals surface area contributed by atoms with Crippen molar-refractivity contribution in [2.24, 2.45) is 0 Å². The van der Waals surface area contributed by atoms with Crippen molar-refractivity contribution >= 4 is 40.3 Å². The number of amides is 2. The van der Waals surface area contributed by atoms with Crippen molar-refractivity contribution in [2.45, 2.75) is 12.7 Å². The normalized spacial score (nSPS) is 14.5.